The first-order valence-corrected chi connectivity index (χ1v) is 17.5. The molecule has 0 bridgehead atoms. The van der Waals surface area contributed by atoms with E-state index >= 15 is 0 Å². The first-order valence-electron chi connectivity index (χ1n) is 17.5. The van der Waals surface area contributed by atoms with Crippen LogP contribution >= 0.6 is 0 Å². The van der Waals surface area contributed by atoms with E-state index in [1.165, 1.54) is 38.4 Å². The number of likely N-dealkylation sites (N-methyl/N-ethyl adjacent to an activating group) is 1. The molecule has 6 heteroatoms. The van der Waals surface area contributed by atoms with Gasteiger partial charge >= 0.3 is 11.9 Å². The van der Waals surface area contributed by atoms with Crippen LogP contribution in [0.2, 0.25) is 0 Å². The lowest BCUT2D eigenvalue weighted by molar-refractivity contribution is -0.168. The number of hydrogen-bond donors (Lipinski definition) is 1. The molecule has 0 amide bonds. The molecular formula is C44H44N2O4. The Labute approximate surface area is 294 Å². The summed E-state index contributed by atoms with van der Waals surface area (Å²) in [7, 11) is 0. The number of nitrogens with zero attached hydrogens (tertiary/aromatic N) is 2. The van der Waals surface area contributed by atoms with Crippen LogP contribution in [0.3, 0.4) is 0 Å². The zero-order valence-corrected chi connectivity index (χ0v) is 29.7. The number of fused-ring (bicyclic) bond motifs is 6. The van der Waals surface area contributed by atoms with Gasteiger partial charge in [-0.2, -0.15) is 0 Å². The molecule has 50 heavy (non-hydrogen) atoms. The number of aliphatic imine (C=N–C) groups is 1. The number of carboxylic acid groups (broad SMARTS) is 1. The van der Waals surface area contributed by atoms with E-state index in [1.54, 1.807) is 6.92 Å². The number of benzene rings is 4. The Morgan fingerprint density at radius 1 is 0.820 bits per heavy atom. The zero-order chi connectivity index (χ0) is 35.4. The summed E-state index contributed by atoms with van der Waals surface area (Å²) in [4.78, 5) is 33.9. The summed E-state index contributed by atoms with van der Waals surface area (Å²) in [5.41, 5.74) is 5.68. The molecule has 0 aromatic heterocycles. The van der Waals surface area contributed by atoms with Crippen molar-refractivity contribution in [2.45, 2.75) is 65.2 Å². The molecular weight excluding hydrogens is 620 g/mol. The van der Waals surface area contributed by atoms with Crippen LogP contribution in [0.5, 0.6) is 0 Å². The number of carboxylic acids is 1. The van der Waals surface area contributed by atoms with Gasteiger partial charge < -0.3 is 14.7 Å². The first kappa shape index (κ1) is 33.3. The molecule has 0 saturated heterocycles. The van der Waals surface area contributed by atoms with Gasteiger partial charge in [0.2, 0.25) is 0 Å². The van der Waals surface area contributed by atoms with E-state index in [4.69, 9.17) is 9.73 Å². The summed E-state index contributed by atoms with van der Waals surface area (Å²) < 4.78 is 5.42. The third kappa shape index (κ3) is 5.20. The van der Waals surface area contributed by atoms with Crippen molar-refractivity contribution in [2.75, 3.05) is 18.1 Å². The monoisotopic (exact) mass is 664 g/mol. The number of carbonyl (C=O) groups is 2. The molecule has 2 aliphatic heterocycles. The van der Waals surface area contributed by atoms with E-state index in [-0.39, 0.29) is 30.3 Å². The third-order valence-electron chi connectivity index (χ3n) is 10.9. The molecule has 2 heterocycles. The Balaban J connectivity index is 1.30. The van der Waals surface area contributed by atoms with E-state index in [0.29, 0.717) is 0 Å². The molecule has 1 atom stereocenters. The number of rotatable bonds is 7. The maximum absolute atomic E-state index is 13.5. The van der Waals surface area contributed by atoms with Gasteiger partial charge in [0, 0.05) is 28.8 Å². The van der Waals surface area contributed by atoms with Crippen LogP contribution in [0.25, 0.3) is 21.5 Å². The van der Waals surface area contributed by atoms with E-state index in [2.05, 4.69) is 112 Å². The summed E-state index contributed by atoms with van der Waals surface area (Å²) in [6.45, 7) is 13.6. The number of allylic oxidation sites excluding steroid dienone is 8. The SMILES string of the molecule is CCOC(=O)C1(C(=O)O)CC(/C=C/C2=Nc3ccc4ccccc4c3C2(C)C)=CC(=C/C=C2/N(CC)c3ccc4ccccc4c3C2(C)C)/C1. The van der Waals surface area contributed by atoms with Crippen molar-refractivity contribution in [3.8, 4) is 0 Å². The quantitative estimate of drug-likeness (QED) is 0.157. The highest BCUT2D eigenvalue weighted by Crippen LogP contribution is 2.51. The molecule has 254 valence electrons. The second kappa shape index (κ2) is 12.3. The smallest absolute Gasteiger partial charge is 0.324 e. The number of ether oxygens (including phenoxy) is 1. The second-order valence-electron chi connectivity index (χ2n) is 14.7. The average molecular weight is 665 g/mol. The van der Waals surface area contributed by atoms with Crippen molar-refractivity contribution < 1.29 is 19.4 Å². The number of anilines is 1. The first-order chi connectivity index (χ1) is 23.9. The number of aliphatic carboxylic acids is 1. The molecule has 6 nitrogen and oxygen atoms in total. The second-order valence-corrected chi connectivity index (χ2v) is 14.7. The molecule has 1 aliphatic carbocycles. The van der Waals surface area contributed by atoms with Gasteiger partial charge in [0.15, 0.2) is 5.41 Å². The molecule has 4 aromatic rings. The van der Waals surface area contributed by atoms with Crippen molar-refractivity contribution in [1.82, 2.24) is 0 Å². The lowest BCUT2D eigenvalue weighted by Crippen LogP contribution is -2.42. The fraction of sp³-hybridized carbons (Fsp3) is 0.295. The molecule has 0 spiro atoms. The third-order valence-corrected chi connectivity index (χ3v) is 10.9. The van der Waals surface area contributed by atoms with Crippen molar-refractivity contribution in [3.05, 3.63) is 131 Å². The van der Waals surface area contributed by atoms with Gasteiger partial charge in [-0.05, 0) is 94.8 Å². The molecule has 4 aromatic carbocycles. The van der Waals surface area contributed by atoms with Crippen molar-refractivity contribution in [3.63, 3.8) is 0 Å². The van der Waals surface area contributed by atoms with Crippen LogP contribution in [0.15, 0.2) is 125 Å². The Bertz CT molecular complexity index is 2230. The van der Waals surface area contributed by atoms with E-state index in [0.717, 1.165) is 34.8 Å². The van der Waals surface area contributed by atoms with Crippen LogP contribution in [0, 0.1) is 5.41 Å². The molecule has 3 aliphatic rings. The highest BCUT2D eigenvalue weighted by atomic mass is 16.5. The topological polar surface area (TPSA) is 79.2 Å². The zero-order valence-electron chi connectivity index (χ0n) is 29.7. The Morgan fingerprint density at radius 2 is 1.48 bits per heavy atom. The fourth-order valence-corrected chi connectivity index (χ4v) is 8.37. The van der Waals surface area contributed by atoms with Crippen molar-refractivity contribution in [2.24, 2.45) is 10.4 Å². The van der Waals surface area contributed by atoms with E-state index in [1.807, 2.05) is 30.4 Å². The van der Waals surface area contributed by atoms with Gasteiger partial charge in [0.25, 0.3) is 0 Å². The predicted octanol–water partition coefficient (Wildman–Crippen LogP) is 9.90. The Hall–Kier alpha value is -5.23. The van der Waals surface area contributed by atoms with Gasteiger partial charge in [-0.1, -0.05) is 107 Å². The van der Waals surface area contributed by atoms with Gasteiger partial charge in [0.1, 0.15) is 0 Å². The van der Waals surface area contributed by atoms with Crippen LogP contribution in [-0.2, 0) is 25.2 Å². The minimum atomic E-state index is -1.74. The highest BCUT2D eigenvalue weighted by molar-refractivity contribution is 6.12. The van der Waals surface area contributed by atoms with Crippen LogP contribution < -0.4 is 4.90 Å². The van der Waals surface area contributed by atoms with E-state index in [9.17, 15) is 14.7 Å². The Morgan fingerprint density at radius 3 is 2.14 bits per heavy atom. The summed E-state index contributed by atoms with van der Waals surface area (Å²) >= 11 is 0. The summed E-state index contributed by atoms with van der Waals surface area (Å²) in [5, 5.41) is 15.4. The maximum atomic E-state index is 13.5. The Kier molecular flexibility index (Phi) is 8.17. The van der Waals surface area contributed by atoms with E-state index < -0.39 is 17.4 Å². The molecule has 1 N–H and O–H groups in total. The van der Waals surface area contributed by atoms with Crippen molar-refractivity contribution >= 4 is 50.6 Å². The predicted molar refractivity (Wildman–Crippen MR) is 203 cm³/mol. The van der Waals surface area contributed by atoms with Gasteiger partial charge in [0.05, 0.1) is 18.0 Å². The van der Waals surface area contributed by atoms with Crippen LogP contribution in [0.4, 0.5) is 11.4 Å². The highest BCUT2D eigenvalue weighted by Gasteiger charge is 2.50. The summed E-state index contributed by atoms with van der Waals surface area (Å²) in [6, 6.07) is 25.4. The van der Waals surface area contributed by atoms with Gasteiger partial charge in [-0.25, -0.2) is 0 Å². The van der Waals surface area contributed by atoms with Gasteiger partial charge in [-0.3, -0.25) is 14.6 Å². The molecule has 0 saturated carbocycles. The average Bonchev–Trinajstić information content (AvgIpc) is 3.50. The maximum Gasteiger partial charge on any atom is 0.324 e. The molecule has 0 fully saturated rings. The lowest BCUT2D eigenvalue weighted by Gasteiger charge is -2.32. The standard InChI is InChI=1S/C44H44N2O4/c1-7-46-35-22-20-31-14-10-12-16-33(31)39(35)43(5,6)37(46)24-18-29-25-28(26-44(27-29,40(47)48)41(49)50-8-2)17-23-36-42(3,4)38-32-15-11-9-13-30(32)19-21-34(38)45-36/h9-25H,7-8,26-27H2,1-6H3,(H,47,48)/b23-17+,29-18-,37-24+. The molecule has 7 rings (SSSR count). The molecule has 0 radical (unpaired) electrons. The van der Waals surface area contributed by atoms with Crippen LogP contribution in [-0.4, -0.2) is 35.9 Å². The summed E-state index contributed by atoms with van der Waals surface area (Å²) in [6.07, 6.45) is 10.1. The molecule has 1 unspecified atom stereocenters. The lowest BCUT2D eigenvalue weighted by atomic mass is 9.71. The van der Waals surface area contributed by atoms with Crippen molar-refractivity contribution in [1.29, 1.82) is 0 Å². The normalized spacial score (nSPS) is 22.2. The minimum absolute atomic E-state index is 0.0270. The number of hydrogen-bond acceptors (Lipinski definition) is 5. The van der Waals surface area contributed by atoms with Crippen LogP contribution in [0.1, 0.15) is 65.5 Å². The summed E-state index contributed by atoms with van der Waals surface area (Å²) in [5.74, 6) is -1.89. The minimum Gasteiger partial charge on any atom is -0.480 e. The van der Waals surface area contributed by atoms with Gasteiger partial charge in [-0.15, -0.1) is 0 Å². The number of carbonyl (C=O) groups excluding carboxylic acids is 1. The largest absolute Gasteiger partial charge is 0.480 e. The fourth-order valence-electron chi connectivity index (χ4n) is 8.37. The number of esters is 1.